The number of pyridine rings is 1. The highest BCUT2D eigenvalue weighted by Gasteiger charge is 2.10. The lowest BCUT2D eigenvalue weighted by Gasteiger charge is -2.07. The lowest BCUT2D eigenvalue weighted by molar-refractivity contribution is 0.0946. The summed E-state index contributed by atoms with van der Waals surface area (Å²) < 4.78 is 0. The van der Waals surface area contributed by atoms with Gasteiger partial charge in [-0.2, -0.15) is 0 Å². The predicted octanol–water partition coefficient (Wildman–Crippen LogP) is 4.05. The van der Waals surface area contributed by atoms with Gasteiger partial charge in [0.2, 0.25) is 0 Å². The van der Waals surface area contributed by atoms with Gasteiger partial charge in [0.1, 0.15) is 5.69 Å². The average molecular weight is 308 g/mol. The number of nitrogens with zero attached hydrogens (tertiary/aromatic N) is 1. The number of nitrogens with one attached hydrogen (secondary N) is 1. The molecule has 0 aliphatic rings. The van der Waals surface area contributed by atoms with Crippen LogP contribution in [0, 0.1) is 6.92 Å². The number of amides is 1. The predicted molar refractivity (Wildman–Crippen MR) is 89.9 cm³/mol. The molecule has 0 aliphatic carbocycles. The Labute approximate surface area is 133 Å². The second-order valence-electron chi connectivity index (χ2n) is 5.02. The molecule has 0 radical (unpaired) electrons. The summed E-state index contributed by atoms with van der Waals surface area (Å²) in [7, 11) is 0. The molecule has 3 nitrogen and oxygen atoms in total. The van der Waals surface area contributed by atoms with Gasteiger partial charge in [-0.3, -0.25) is 9.78 Å². The third-order valence-electron chi connectivity index (χ3n) is 3.38. The Morgan fingerprint density at radius 1 is 1.18 bits per heavy atom. The number of rotatable bonds is 4. The SMILES string of the molecule is Cc1cccc(-c2ccsc2CNC(=O)c2ccccn2)c1. The molecule has 0 saturated carbocycles. The second-order valence-corrected chi connectivity index (χ2v) is 6.03. The fourth-order valence-corrected chi connectivity index (χ4v) is 3.13. The summed E-state index contributed by atoms with van der Waals surface area (Å²) in [6.45, 7) is 2.59. The largest absolute Gasteiger partial charge is 0.346 e. The molecule has 3 rings (SSSR count). The van der Waals surface area contributed by atoms with Crippen molar-refractivity contribution in [2.24, 2.45) is 0 Å². The molecule has 1 amide bonds. The van der Waals surface area contributed by atoms with Crippen LogP contribution in [0.1, 0.15) is 20.9 Å². The molecule has 0 aliphatic heterocycles. The van der Waals surface area contributed by atoms with Gasteiger partial charge in [0.25, 0.3) is 5.91 Å². The number of aryl methyl sites for hydroxylation is 1. The van der Waals surface area contributed by atoms with Crippen LogP contribution in [-0.2, 0) is 6.54 Å². The molecule has 2 aromatic heterocycles. The normalized spacial score (nSPS) is 10.4. The Balaban J connectivity index is 1.75. The molecule has 110 valence electrons. The lowest BCUT2D eigenvalue weighted by Crippen LogP contribution is -2.23. The molecule has 0 atom stereocenters. The van der Waals surface area contributed by atoms with Gasteiger partial charge in [0.15, 0.2) is 0 Å². The third kappa shape index (κ3) is 3.23. The van der Waals surface area contributed by atoms with Crippen LogP contribution in [0.4, 0.5) is 0 Å². The molecule has 0 bridgehead atoms. The molecule has 2 heterocycles. The zero-order chi connectivity index (χ0) is 15.4. The molecular weight excluding hydrogens is 292 g/mol. The Morgan fingerprint density at radius 2 is 2.09 bits per heavy atom. The first-order chi connectivity index (χ1) is 10.7. The summed E-state index contributed by atoms with van der Waals surface area (Å²) in [5.74, 6) is -0.149. The number of carbonyl (C=O) groups is 1. The monoisotopic (exact) mass is 308 g/mol. The van der Waals surface area contributed by atoms with E-state index in [-0.39, 0.29) is 5.91 Å². The molecule has 0 fully saturated rings. The van der Waals surface area contributed by atoms with Gasteiger partial charge in [0, 0.05) is 11.1 Å². The van der Waals surface area contributed by atoms with Gasteiger partial charge in [0.05, 0.1) is 6.54 Å². The number of carbonyl (C=O) groups excluding carboxylic acids is 1. The summed E-state index contributed by atoms with van der Waals surface area (Å²) in [4.78, 5) is 17.3. The highest BCUT2D eigenvalue weighted by Crippen LogP contribution is 2.28. The van der Waals surface area contributed by atoms with Gasteiger partial charge in [-0.1, -0.05) is 35.9 Å². The highest BCUT2D eigenvalue weighted by atomic mass is 32.1. The fraction of sp³-hybridized carbons (Fsp3) is 0.111. The molecule has 22 heavy (non-hydrogen) atoms. The van der Waals surface area contributed by atoms with Crippen molar-refractivity contribution in [3.63, 3.8) is 0 Å². The van der Waals surface area contributed by atoms with Gasteiger partial charge < -0.3 is 5.32 Å². The zero-order valence-corrected chi connectivity index (χ0v) is 13.1. The smallest absolute Gasteiger partial charge is 0.270 e. The standard InChI is InChI=1S/C18H16N2OS/c1-13-5-4-6-14(11-13)15-8-10-22-17(15)12-20-18(21)16-7-2-3-9-19-16/h2-11H,12H2,1H3,(H,20,21). The highest BCUT2D eigenvalue weighted by molar-refractivity contribution is 7.10. The van der Waals surface area contributed by atoms with E-state index in [2.05, 4.69) is 52.9 Å². The van der Waals surface area contributed by atoms with Gasteiger partial charge in [-0.05, 0) is 41.6 Å². The van der Waals surface area contributed by atoms with E-state index < -0.39 is 0 Å². The topological polar surface area (TPSA) is 42.0 Å². The van der Waals surface area contributed by atoms with Crippen molar-refractivity contribution >= 4 is 17.2 Å². The minimum absolute atomic E-state index is 0.149. The molecule has 1 N–H and O–H groups in total. The van der Waals surface area contributed by atoms with Crippen molar-refractivity contribution in [3.8, 4) is 11.1 Å². The van der Waals surface area contributed by atoms with Crippen LogP contribution < -0.4 is 5.32 Å². The average Bonchev–Trinajstić information content (AvgIpc) is 3.02. The van der Waals surface area contributed by atoms with E-state index in [0.29, 0.717) is 12.2 Å². The van der Waals surface area contributed by atoms with E-state index in [1.54, 1.807) is 29.7 Å². The van der Waals surface area contributed by atoms with E-state index >= 15 is 0 Å². The molecule has 3 aromatic rings. The minimum atomic E-state index is -0.149. The number of thiophene rings is 1. The van der Waals surface area contributed by atoms with Crippen molar-refractivity contribution in [2.75, 3.05) is 0 Å². The molecule has 1 aromatic carbocycles. The second kappa shape index (κ2) is 6.54. The van der Waals surface area contributed by atoms with Crippen molar-refractivity contribution < 1.29 is 4.79 Å². The Kier molecular flexibility index (Phi) is 4.30. The van der Waals surface area contributed by atoms with Crippen LogP contribution in [0.2, 0.25) is 0 Å². The molecule has 0 unspecified atom stereocenters. The fourth-order valence-electron chi connectivity index (χ4n) is 2.30. The molecule has 0 saturated heterocycles. The summed E-state index contributed by atoms with van der Waals surface area (Å²) in [6.07, 6.45) is 1.62. The van der Waals surface area contributed by atoms with Crippen LogP contribution in [0.15, 0.2) is 60.1 Å². The first-order valence-corrected chi connectivity index (χ1v) is 7.94. The number of hydrogen-bond donors (Lipinski definition) is 1. The van der Waals surface area contributed by atoms with E-state index in [1.165, 1.54) is 16.7 Å². The van der Waals surface area contributed by atoms with E-state index in [4.69, 9.17) is 0 Å². The van der Waals surface area contributed by atoms with E-state index in [9.17, 15) is 4.79 Å². The summed E-state index contributed by atoms with van der Waals surface area (Å²) >= 11 is 1.65. The summed E-state index contributed by atoms with van der Waals surface area (Å²) in [5.41, 5.74) is 4.03. The number of hydrogen-bond acceptors (Lipinski definition) is 3. The van der Waals surface area contributed by atoms with Gasteiger partial charge in [-0.25, -0.2) is 0 Å². The molecule has 0 spiro atoms. The third-order valence-corrected chi connectivity index (χ3v) is 4.30. The maximum Gasteiger partial charge on any atom is 0.270 e. The summed E-state index contributed by atoms with van der Waals surface area (Å²) in [6, 6.07) is 15.8. The van der Waals surface area contributed by atoms with Gasteiger partial charge in [-0.15, -0.1) is 11.3 Å². The van der Waals surface area contributed by atoms with Crippen molar-refractivity contribution in [2.45, 2.75) is 13.5 Å². The maximum atomic E-state index is 12.1. The van der Waals surface area contributed by atoms with Crippen LogP contribution in [0.3, 0.4) is 0 Å². The summed E-state index contributed by atoms with van der Waals surface area (Å²) in [5, 5.41) is 4.99. The Hall–Kier alpha value is -2.46. The quantitative estimate of drug-likeness (QED) is 0.790. The molecule has 4 heteroatoms. The lowest BCUT2D eigenvalue weighted by atomic mass is 10.0. The Morgan fingerprint density at radius 3 is 2.86 bits per heavy atom. The maximum absolute atomic E-state index is 12.1. The first kappa shape index (κ1) is 14.5. The van der Waals surface area contributed by atoms with E-state index in [0.717, 1.165) is 4.88 Å². The van der Waals surface area contributed by atoms with E-state index in [1.807, 2.05) is 6.07 Å². The van der Waals surface area contributed by atoms with Crippen LogP contribution in [0.25, 0.3) is 11.1 Å². The van der Waals surface area contributed by atoms with Crippen LogP contribution in [0.5, 0.6) is 0 Å². The number of aromatic nitrogens is 1. The first-order valence-electron chi connectivity index (χ1n) is 7.06. The van der Waals surface area contributed by atoms with Crippen LogP contribution >= 0.6 is 11.3 Å². The van der Waals surface area contributed by atoms with Gasteiger partial charge >= 0.3 is 0 Å². The van der Waals surface area contributed by atoms with Crippen molar-refractivity contribution in [1.29, 1.82) is 0 Å². The minimum Gasteiger partial charge on any atom is -0.346 e. The Bertz CT molecular complexity index is 781. The molecular formula is C18H16N2OS. The van der Waals surface area contributed by atoms with Crippen LogP contribution in [-0.4, -0.2) is 10.9 Å². The number of benzene rings is 1. The van der Waals surface area contributed by atoms with Crippen molar-refractivity contribution in [1.82, 2.24) is 10.3 Å². The van der Waals surface area contributed by atoms with Crippen molar-refractivity contribution in [3.05, 3.63) is 76.2 Å². The zero-order valence-electron chi connectivity index (χ0n) is 12.2.